The number of aliphatic hydroxyl groups is 1. The minimum Gasteiger partial charge on any atom is -0.481 e. The molecule has 0 radical (unpaired) electrons. The van der Waals surface area contributed by atoms with Crippen LogP contribution in [-0.4, -0.2) is 41.7 Å². The third kappa shape index (κ3) is 3.73. The van der Waals surface area contributed by atoms with Gasteiger partial charge in [-0.2, -0.15) is 0 Å². The van der Waals surface area contributed by atoms with Crippen LogP contribution < -0.4 is 4.74 Å². The number of amides is 1. The van der Waals surface area contributed by atoms with Crippen LogP contribution >= 0.6 is 0 Å². The molecule has 20 heavy (non-hydrogen) atoms. The molecule has 1 amide bonds. The first kappa shape index (κ1) is 14.9. The zero-order chi connectivity index (χ0) is 14.5. The highest BCUT2D eigenvalue weighted by molar-refractivity contribution is 5.81. The normalized spacial score (nSPS) is 20.6. The molecule has 1 saturated heterocycles. The predicted molar refractivity (Wildman–Crippen MR) is 77.7 cm³/mol. The Morgan fingerprint density at radius 2 is 2.15 bits per heavy atom. The average molecular weight is 277 g/mol. The molecular weight excluding hydrogens is 254 g/mol. The fraction of sp³-hybridized carbons (Fsp3) is 0.562. The third-order valence-corrected chi connectivity index (χ3v) is 3.77. The molecule has 4 nitrogen and oxygen atoms in total. The van der Waals surface area contributed by atoms with Crippen molar-refractivity contribution in [3.8, 4) is 5.75 Å². The lowest BCUT2D eigenvalue weighted by atomic mass is 9.99. The maximum absolute atomic E-state index is 12.4. The van der Waals surface area contributed by atoms with Gasteiger partial charge in [-0.3, -0.25) is 4.79 Å². The summed E-state index contributed by atoms with van der Waals surface area (Å²) in [6.45, 7) is 5.34. The summed E-state index contributed by atoms with van der Waals surface area (Å²) in [6, 6.07) is 7.70. The van der Waals surface area contributed by atoms with E-state index in [1.807, 2.05) is 36.1 Å². The number of rotatable bonds is 4. The number of hydrogen-bond donors (Lipinski definition) is 1. The Hall–Kier alpha value is -1.55. The van der Waals surface area contributed by atoms with Gasteiger partial charge in [-0.25, -0.2) is 0 Å². The Balaban J connectivity index is 1.92. The van der Waals surface area contributed by atoms with Crippen molar-refractivity contribution < 1.29 is 14.6 Å². The van der Waals surface area contributed by atoms with E-state index in [1.165, 1.54) is 0 Å². The lowest BCUT2D eigenvalue weighted by Gasteiger charge is -2.33. The summed E-state index contributed by atoms with van der Waals surface area (Å²) in [5.74, 6) is 0.926. The van der Waals surface area contributed by atoms with Crippen molar-refractivity contribution in [1.29, 1.82) is 0 Å². The Morgan fingerprint density at radius 1 is 1.45 bits per heavy atom. The zero-order valence-electron chi connectivity index (χ0n) is 12.2. The zero-order valence-corrected chi connectivity index (χ0v) is 12.2. The van der Waals surface area contributed by atoms with Crippen LogP contribution in [0.3, 0.4) is 0 Å². The largest absolute Gasteiger partial charge is 0.481 e. The quantitative estimate of drug-likeness (QED) is 0.915. The van der Waals surface area contributed by atoms with E-state index in [0.29, 0.717) is 12.3 Å². The van der Waals surface area contributed by atoms with E-state index < -0.39 is 6.10 Å². The van der Waals surface area contributed by atoms with Gasteiger partial charge >= 0.3 is 0 Å². The van der Waals surface area contributed by atoms with E-state index in [-0.39, 0.29) is 18.4 Å². The summed E-state index contributed by atoms with van der Waals surface area (Å²) in [5.41, 5.74) is 1.16. The lowest BCUT2D eigenvalue weighted by Crippen LogP contribution is -2.46. The molecule has 2 unspecified atom stereocenters. The van der Waals surface area contributed by atoms with Gasteiger partial charge in [-0.15, -0.1) is 0 Å². The van der Waals surface area contributed by atoms with Crippen molar-refractivity contribution in [3.63, 3.8) is 0 Å². The van der Waals surface area contributed by atoms with Gasteiger partial charge < -0.3 is 14.7 Å². The highest BCUT2D eigenvalue weighted by atomic mass is 16.5. The van der Waals surface area contributed by atoms with Crippen LogP contribution in [0.1, 0.15) is 25.3 Å². The molecule has 1 fully saturated rings. The van der Waals surface area contributed by atoms with Crippen molar-refractivity contribution in [2.75, 3.05) is 19.7 Å². The number of likely N-dealkylation sites (tertiary alicyclic amines) is 1. The Labute approximate surface area is 120 Å². The van der Waals surface area contributed by atoms with Gasteiger partial charge in [-0.05, 0) is 44.7 Å². The molecule has 1 aromatic rings. The van der Waals surface area contributed by atoms with Gasteiger partial charge in [0.1, 0.15) is 5.75 Å². The highest BCUT2D eigenvalue weighted by Crippen LogP contribution is 2.19. The Morgan fingerprint density at radius 3 is 2.80 bits per heavy atom. The molecule has 2 rings (SSSR count). The molecule has 110 valence electrons. The lowest BCUT2D eigenvalue weighted by molar-refractivity contribution is -0.140. The summed E-state index contributed by atoms with van der Waals surface area (Å²) in [7, 11) is 0. The van der Waals surface area contributed by atoms with Gasteiger partial charge in [-0.1, -0.05) is 17.7 Å². The minimum atomic E-state index is -0.491. The molecule has 0 aromatic heterocycles. The second-order valence-electron chi connectivity index (χ2n) is 5.55. The van der Waals surface area contributed by atoms with Crippen LogP contribution in [0.15, 0.2) is 24.3 Å². The monoisotopic (exact) mass is 277 g/mol. The number of nitrogens with zero attached hydrogens (tertiary/aromatic N) is 1. The van der Waals surface area contributed by atoms with Crippen molar-refractivity contribution in [1.82, 2.24) is 4.90 Å². The van der Waals surface area contributed by atoms with Gasteiger partial charge in [0, 0.05) is 19.7 Å². The third-order valence-electron chi connectivity index (χ3n) is 3.77. The van der Waals surface area contributed by atoms with Crippen molar-refractivity contribution in [2.45, 2.75) is 32.8 Å². The molecule has 1 aliphatic rings. The topological polar surface area (TPSA) is 49.8 Å². The van der Waals surface area contributed by atoms with Crippen molar-refractivity contribution in [3.05, 3.63) is 29.8 Å². The molecule has 1 N–H and O–H groups in total. The molecule has 0 bridgehead atoms. The number of aliphatic hydroxyl groups excluding tert-OH is 1. The molecule has 0 saturated carbocycles. The van der Waals surface area contributed by atoms with Crippen LogP contribution in [0.5, 0.6) is 5.75 Å². The smallest absolute Gasteiger partial charge is 0.263 e. The van der Waals surface area contributed by atoms with Gasteiger partial charge in [0.15, 0.2) is 6.10 Å². The number of benzene rings is 1. The molecule has 0 spiro atoms. The van der Waals surface area contributed by atoms with E-state index in [0.717, 1.165) is 24.9 Å². The second kappa shape index (κ2) is 6.75. The van der Waals surface area contributed by atoms with E-state index >= 15 is 0 Å². The molecule has 0 aliphatic carbocycles. The minimum absolute atomic E-state index is 0.00345. The summed E-state index contributed by atoms with van der Waals surface area (Å²) in [4.78, 5) is 14.2. The highest BCUT2D eigenvalue weighted by Gasteiger charge is 2.27. The van der Waals surface area contributed by atoms with E-state index in [4.69, 9.17) is 4.74 Å². The molecule has 4 heteroatoms. The van der Waals surface area contributed by atoms with Crippen LogP contribution in [0.4, 0.5) is 0 Å². The van der Waals surface area contributed by atoms with Crippen LogP contribution in [0.25, 0.3) is 0 Å². The molecule has 2 atom stereocenters. The van der Waals surface area contributed by atoms with Crippen LogP contribution in [0.2, 0.25) is 0 Å². The van der Waals surface area contributed by atoms with Gasteiger partial charge in [0.2, 0.25) is 0 Å². The van der Waals surface area contributed by atoms with E-state index in [1.54, 1.807) is 6.92 Å². The Kier molecular flexibility index (Phi) is 5.01. The number of aryl methyl sites for hydroxylation is 1. The SMILES string of the molecule is Cc1ccc(OC(C)C(=O)N2CCCC(CO)C2)cc1. The predicted octanol–water partition coefficient (Wildman–Crippen LogP) is 1.99. The number of ether oxygens (including phenoxy) is 1. The molecule has 1 aromatic carbocycles. The van der Waals surface area contributed by atoms with Crippen molar-refractivity contribution >= 4 is 5.91 Å². The van der Waals surface area contributed by atoms with E-state index in [9.17, 15) is 9.90 Å². The summed E-state index contributed by atoms with van der Waals surface area (Å²) < 4.78 is 5.70. The number of hydrogen-bond acceptors (Lipinski definition) is 3. The first-order valence-electron chi connectivity index (χ1n) is 7.23. The number of carbonyl (C=O) groups excluding carboxylic acids is 1. The molecule has 1 aliphatic heterocycles. The number of piperidine rings is 1. The summed E-state index contributed by atoms with van der Waals surface area (Å²) >= 11 is 0. The summed E-state index contributed by atoms with van der Waals surface area (Å²) in [5, 5.41) is 9.22. The van der Waals surface area contributed by atoms with E-state index in [2.05, 4.69) is 0 Å². The first-order chi connectivity index (χ1) is 9.60. The fourth-order valence-corrected chi connectivity index (χ4v) is 2.54. The maximum Gasteiger partial charge on any atom is 0.263 e. The Bertz CT molecular complexity index is 444. The summed E-state index contributed by atoms with van der Waals surface area (Å²) in [6.07, 6.45) is 1.46. The second-order valence-corrected chi connectivity index (χ2v) is 5.55. The average Bonchev–Trinajstić information content (AvgIpc) is 2.48. The van der Waals surface area contributed by atoms with Crippen LogP contribution in [0, 0.1) is 12.8 Å². The fourth-order valence-electron chi connectivity index (χ4n) is 2.54. The first-order valence-corrected chi connectivity index (χ1v) is 7.23. The maximum atomic E-state index is 12.4. The molecule has 1 heterocycles. The van der Waals surface area contributed by atoms with Gasteiger partial charge in [0.25, 0.3) is 5.91 Å². The van der Waals surface area contributed by atoms with Gasteiger partial charge in [0.05, 0.1) is 0 Å². The molecular formula is C16H23NO3. The standard InChI is InChI=1S/C16H23NO3/c1-12-5-7-15(8-6-12)20-13(2)16(19)17-9-3-4-14(10-17)11-18/h5-8,13-14,18H,3-4,9-11H2,1-2H3. The van der Waals surface area contributed by atoms with Crippen LogP contribution in [-0.2, 0) is 4.79 Å². The van der Waals surface area contributed by atoms with Crippen molar-refractivity contribution in [2.24, 2.45) is 5.92 Å². The number of carbonyl (C=O) groups is 1.